The molecule has 0 aliphatic rings. The lowest BCUT2D eigenvalue weighted by Gasteiger charge is -2.14. The molecule has 0 aromatic heterocycles. The van der Waals surface area contributed by atoms with Gasteiger partial charge in [0.05, 0.1) is 19.5 Å². The number of rotatable bonds is 8. The van der Waals surface area contributed by atoms with E-state index in [0.717, 1.165) is 5.56 Å². The molecule has 1 aromatic rings. The van der Waals surface area contributed by atoms with Crippen molar-refractivity contribution >= 4 is 9.84 Å². The van der Waals surface area contributed by atoms with Gasteiger partial charge >= 0.3 is 0 Å². The van der Waals surface area contributed by atoms with E-state index >= 15 is 0 Å². The van der Waals surface area contributed by atoms with Crippen LogP contribution in [-0.2, 0) is 16.4 Å². The van der Waals surface area contributed by atoms with Crippen LogP contribution in [0.25, 0.3) is 0 Å². The fourth-order valence-electron chi connectivity index (χ4n) is 1.71. The molecule has 5 nitrogen and oxygen atoms in total. The summed E-state index contributed by atoms with van der Waals surface area (Å²) in [5.74, 6) is 1.46. The molecule has 0 heterocycles. The first-order valence-corrected chi connectivity index (χ1v) is 8.15. The summed E-state index contributed by atoms with van der Waals surface area (Å²) in [5.41, 5.74) is 0.987. The fourth-order valence-corrected chi connectivity index (χ4v) is 2.35. The minimum atomic E-state index is -2.94. The minimum Gasteiger partial charge on any atom is -0.493 e. The Morgan fingerprint density at radius 3 is 2.63 bits per heavy atom. The molecule has 0 fully saturated rings. The number of nitrogens with one attached hydrogen (secondary N) is 1. The van der Waals surface area contributed by atoms with Crippen LogP contribution in [0.15, 0.2) is 18.2 Å². The van der Waals surface area contributed by atoms with Crippen molar-refractivity contribution in [3.05, 3.63) is 23.8 Å². The van der Waals surface area contributed by atoms with E-state index in [0.29, 0.717) is 31.1 Å². The van der Waals surface area contributed by atoms with Crippen LogP contribution in [0.5, 0.6) is 11.5 Å². The van der Waals surface area contributed by atoms with E-state index in [1.165, 1.54) is 6.26 Å². The smallest absolute Gasteiger partial charge is 0.165 e. The molecule has 0 spiro atoms. The van der Waals surface area contributed by atoms with Gasteiger partial charge in [-0.25, -0.2) is 8.42 Å². The number of sulfone groups is 1. The van der Waals surface area contributed by atoms with Crippen molar-refractivity contribution < 1.29 is 17.9 Å². The van der Waals surface area contributed by atoms with Gasteiger partial charge in [-0.05, 0) is 19.5 Å². The van der Waals surface area contributed by atoms with E-state index in [1.54, 1.807) is 7.11 Å². The van der Waals surface area contributed by atoms with E-state index in [4.69, 9.17) is 9.47 Å². The van der Waals surface area contributed by atoms with Crippen LogP contribution in [0.4, 0.5) is 0 Å². The zero-order valence-corrected chi connectivity index (χ0v) is 12.4. The Morgan fingerprint density at radius 1 is 1.32 bits per heavy atom. The molecule has 108 valence electrons. The van der Waals surface area contributed by atoms with Gasteiger partial charge in [0.25, 0.3) is 0 Å². The maximum absolute atomic E-state index is 11.0. The highest BCUT2D eigenvalue weighted by atomic mass is 32.2. The summed E-state index contributed by atoms with van der Waals surface area (Å²) >= 11 is 0. The highest BCUT2D eigenvalue weighted by Gasteiger charge is 2.10. The van der Waals surface area contributed by atoms with E-state index in [2.05, 4.69) is 5.32 Å². The highest BCUT2D eigenvalue weighted by Crippen LogP contribution is 2.31. The first-order valence-electron chi connectivity index (χ1n) is 6.09. The third-order valence-electron chi connectivity index (χ3n) is 2.55. The minimum absolute atomic E-state index is 0.128. The second-order valence-electron chi connectivity index (χ2n) is 4.31. The van der Waals surface area contributed by atoms with Crippen LogP contribution >= 0.6 is 0 Å². The summed E-state index contributed by atoms with van der Waals surface area (Å²) < 4.78 is 33.0. The lowest BCUT2D eigenvalue weighted by atomic mass is 10.2. The second kappa shape index (κ2) is 7.35. The molecule has 0 unspecified atom stereocenters. The van der Waals surface area contributed by atoms with Gasteiger partial charge in [0, 0.05) is 18.4 Å². The zero-order chi connectivity index (χ0) is 14.3. The second-order valence-corrected chi connectivity index (χ2v) is 6.57. The van der Waals surface area contributed by atoms with E-state index in [9.17, 15) is 8.42 Å². The Morgan fingerprint density at radius 2 is 2.05 bits per heavy atom. The van der Waals surface area contributed by atoms with Crippen molar-refractivity contribution in [2.75, 3.05) is 32.8 Å². The molecule has 0 radical (unpaired) electrons. The van der Waals surface area contributed by atoms with Gasteiger partial charge in [0.2, 0.25) is 0 Å². The standard InChI is InChI=1S/C13H21NO4S/c1-14-10-11-6-4-7-12(17-2)13(11)18-8-5-9-19(3,15)16/h4,6-7,14H,5,8-10H2,1-3H3. The molecule has 0 aliphatic carbocycles. The van der Waals surface area contributed by atoms with Gasteiger partial charge in [-0.15, -0.1) is 0 Å². The van der Waals surface area contributed by atoms with Crippen LogP contribution in [0, 0.1) is 0 Å². The zero-order valence-electron chi connectivity index (χ0n) is 11.6. The van der Waals surface area contributed by atoms with Gasteiger partial charge in [0.1, 0.15) is 9.84 Å². The van der Waals surface area contributed by atoms with Crippen molar-refractivity contribution in [3.63, 3.8) is 0 Å². The largest absolute Gasteiger partial charge is 0.493 e. The molecular formula is C13H21NO4S. The topological polar surface area (TPSA) is 64.6 Å². The summed E-state index contributed by atoms with van der Waals surface area (Å²) in [6.45, 7) is 1.02. The van der Waals surface area contributed by atoms with Gasteiger partial charge in [0.15, 0.2) is 11.5 Å². The Labute approximate surface area is 114 Å². The van der Waals surface area contributed by atoms with Gasteiger partial charge in [-0.3, -0.25) is 0 Å². The molecule has 1 aromatic carbocycles. The average Bonchev–Trinajstić information content (AvgIpc) is 2.35. The monoisotopic (exact) mass is 287 g/mol. The Hall–Kier alpha value is -1.27. The molecular weight excluding hydrogens is 266 g/mol. The fraction of sp³-hybridized carbons (Fsp3) is 0.538. The van der Waals surface area contributed by atoms with E-state index in [1.807, 2.05) is 25.2 Å². The maximum Gasteiger partial charge on any atom is 0.165 e. The summed E-state index contributed by atoms with van der Waals surface area (Å²) in [6.07, 6.45) is 1.69. The first-order chi connectivity index (χ1) is 8.98. The van der Waals surface area contributed by atoms with Crippen LogP contribution in [0.1, 0.15) is 12.0 Å². The molecule has 0 amide bonds. The molecule has 6 heteroatoms. The Balaban J connectivity index is 2.69. The molecule has 1 rings (SSSR count). The summed E-state index contributed by atoms with van der Waals surface area (Å²) in [4.78, 5) is 0. The van der Waals surface area contributed by atoms with Crippen LogP contribution in [0.2, 0.25) is 0 Å². The Kier molecular flexibility index (Phi) is 6.11. The SMILES string of the molecule is CNCc1cccc(OC)c1OCCCS(C)(=O)=O. The van der Waals surface area contributed by atoms with Crippen molar-refractivity contribution in [3.8, 4) is 11.5 Å². The number of ether oxygens (including phenoxy) is 2. The third kappa shape index (κ3) is 5.48. The highest BCUT2D eigenvalue weighted by molar-refractivity contribution is 7.90. The number of hydrogen-bond donors (Lipinski definition) is 1. The molecule has 0 bridgehead atoms. The molecule has 0 saturated heterocycles. The van der Waals surface area contributed by atoms with Crippen molar-refractivity contribution in [1.29, 1.82) is 0 Å². The van der Waals surface area contributed by atoms with Gasteiger partial charge in [-0.2, -0.15) is 0 Å². The normalized spacial score (nSPS) is 11.3. The number of para-hydroxylation sites is 1. The van der Waals surface area contributed by atoms with Gasteiger partial charge in [-0.1, -0.05) is 12.1 Å². The summed E-state index contributed by atoms with van der Waals surface area (Å²) in [5, 5.41) is 3.06. The van der Waals surface area contributed by atoms with Crippen molar-refractivity contribution in [2.45, 2.75) is 13.0 Å². The lowest BCUT2D eigenvalue weighted by Crippen LogP contribution is -2.11. The number of methoxy groups -OCH3 is 1. The Bertz CT molecular complexity index is 499. The average molecular weight is 287 g/mol. The first kappa shape index (κ1) is 15.8. The van der Waals surface area contributed by atoms with Crippen molar-refractivity contribution in [1.82, 2.24) is 5.32 Å². The number of benzene rings is 1. The predicted molar refractivity (Wildman–Crippen MR) is 75.6 cm³/mol. The lowest BCUT2D eigenvalue weighted by molar-refractivity contribution is 0.291. The predicted octanol–water partition coefficient (Wildman–Crippen LogP) is 1.23. The van der Waals surface area contributed by atoms with E-state index in [-0.39, 0.29) is 5.75 Å². The molecule has 1 N–H and O–H groups in total. The van der Waals surface area contributed by atoms with Gasteiger partial charge < -0.3 is 14.8 Å². The maximum atomic E-state index is 11.0. The van der Waals surface area contributed by atoms with Crippen molar-refractivity contribution in [2.24, 2.45) is 0 Å². The summed E-state index contributed by atoms with van der Waals surface area (Å²) in [7, 11) is 0.501. The third-order valence-corrected chi connectivity index (χ3v) is 3.58. The molecule has 0 saturated carbocycles. The van der Waals surface area contributed by atoms with Crippen LogP contribution in [0.3, 0.4) is 0 Å². The quantitative estimate of drug-likeness (QED) is 0.729. The van der Waals surface area contributed by atoms with Crippen LogP contribution in [-0.4, -0.2) is 41.2 Å². The number of hydrogen-bond acceptors (Lipinski definition) is 5. The molecule has 0 atom stereocenters. The molecule has 0 aliphatic heterocycles. The van der Waals surface area contributed by atoms with E-state index < -0.39 is 9.84 Å². The molecule has 19 heavy (non-hydrogen) atoms. The summed E-state index contributed by atoms with van der Waals surface area (Å²) in [6, 6.07) is 5.67. The van der Waals surface area contributed by atoms with Crippen LogP contribution < -0.4 is 14.8 Å².